The van der Waals surface area contributed by atoms with Crippen molar-refractivity contribution < 1.29 is 23.3 Å². The first-order chi connectivity index (χ1) is 10.2. The summed E-state index contributed by atoms with van der Waals surface area (Å²) < 4.78 is 29.7. The van der Waals surface area contributed by atoms with Gasteiger partial charge in [-0.1, -0.05) is 0 Å². The lowest BCUT2D eigenvalue weighted by Crippen LogP contribution is -2.27. The molecule has 0 aliphatic carbocycles. The molecule has 120 valence electrons. The van der Waals surface area contributed by atoms with Crippen LogP contribution in [0.1, 0.15) is 52.0 Å². The Morgan fingerprint density at radius 1 is 1.23 bits per heavy atom. The van der Waals surface area contributed by atoms with Gasteiger partial charge in [0.2, 0.25) is 5.69 Å². The van der Waals surface area contributed by atoms with E-state index in [4.69, 9.17) is 0 Å². The standard InChI is InChI=1S/C17H21F2NO2/c1-11-17(2,3)16-13(19)9-12(18)10-14(16)20(11)8-6-4-5-7-15(21)22/h9-10H,4-8H2,1-3H3. The van der Waals surface area contributed by atoms with Crippen LogP contribution in [0.4, 0.5) is 14.5 Å². The molecule has 1 aliphatic heterocycles. The van der Waals surface area contributed by atoms with Crippen LogP contribution in [0.3, 0.4) is 0 Å². The minimum atomic E-state index is -1.04. The fourth-order valence-electron chi connectivity index (χ4n) is 3.09. The van der Waals surface area contributed by atoms with E-state index >= 15 is 0 Å². The summed E-state index contributed by atoms with van der Waals surface area (Å²) in [6.45, 7) is 6.41. The second-order valence-electron chi connectivity index (χ2n) is 6.33. The molecular formula is C17H21F2NO2. The minimum Gasteiger partial charge on any atom is -0.550 e. The van der Waals surface area contributed by atoms with Crippen LogP contribution in [0, 0.1) is 11.6 Å². The molecule has 0 saturated carbocycles. The van der Waals surface area contributed by atoms with Crippen LogP contribution in [0.25, 0.3) is 0 Å². The summed E-state index contributed by atoms with van der Waals surface area (Å²) in [5.41, 5.74) is 1.62. The minimum absolute atomic E-state index is 0.0496. The van der Waals surface area contributed by atoms with Crippen LogP contribution < -0.4 is 5.11 Å². The molecule has 1 heterocycles. The van der Waals surface area contributed by atoms with Crippen LogP contribution in [0.5, 0.6) is 0 Å². The number of carbonyl (C=O) groups is 1. The zero-order valence-corrected chi connectivity index (χ0v) is 13.2. The highest BCUT2D eigenvalue weighted by atomic mass is 19.1. The number of halogens is 2. The van der Waals surface area contributed by atoms with Crippen LogP contribution in [0.15, 0.2) is 12.1 Å². The van der Waals surface area contributed by atoms with Crippen LogP contribution in [-0.2, 0) is 10.2 Å². The van der Waals surface area contributed by atoms with Crippen molar-refractivity contribution in [3.8, 4) is 0 Å². The van der Waals surface area contributed by atoms with Gasteiger partial charge in [0, 0.05) is 31.4 Å². The third kappa shape index (κ3) is 3.03. The number of aliphatic carboxylic acids is 1. The van der Waals surface area contributed by atoms with Crippen LogP contribution in [0.2, 0.25) is 0 Å². The Morgan fingerprint density at radius 2 is 1.91 bits per heavy atom. The summed E-state index contributed by atoms with van der Waals surface area (Å²) in [6, 6.07) is 2.30. The molecule has 0 spiro atoms. The maximum Gasteiger partial charge on any atom is 0.215 e. The van der Waals surface area contributed by atoms with Gasteiger partial charge in [-0.05, 0) is 33.1 Å². The van der Waals surface area contributed by atoms with Gasteiger partial charge in [-0.15, -0.1) is 0 Å². The molecule has 1 aliphatic rings. The lowest BCUT2D eigenvalue weighted by atomic mass is 9.82. The Labute approximate surface area is 129 Å². The zero-order chi connectivity index (χ0) is 16.5. The number of unbranched alkanes of at least 4 members (excludes halogenated alkanes) is 2. The molecule has 1 aromatic rings. The molecule has 1 aromatic carbocycles. The normalized spacial score (nSPS) is 16.0. The largest absolute Gasteiger partial charge is 0.550 e. The maximum absolute atomic E-state index is 14.2. The first-order valence-corrected chi connectivity index (χ1v) is 7.56. The number of carbonyl (C=O) groups excluding carboxylic acids is 1. The number of fused-ring (bicyclic) bond motifs is 1. The van der Waals surface area contributed by atoms with E-state index < -0.39 is 23.0 Å². The molecular weight excluding hydrogens is 288 g/mol. The van der Waals surface area contributed by atoms with E-state index in [0.717, 1.165) is 24.6 Å². The number of carboxylic acid groups (broad SMARTS) is 1. The molecule has 0 radical (unpaired) electrons. The van der Waals surface area contributed by atoms with E-state index in [2.05, 4.69) is 0 Å². The molecule has 0 unspecified atom stereocenters. The molecule has 0 saturated heterocycles. The number of benzene rings is 1. The maximum atomic E-state index is 14.2. The second kappa shape index (κ2) is 6.15. The van der Waals surface area contributed by atoms with Gasteiger partial charge in [0.15, 0.2) is 5.71 Å². The smallest absolute Gasteiger partial charge is 0.215 e. The number of nitrogens with zero attached hydrogens (tertiary/aromatic N) is 1. The van der Waals surface area contributed by atoms with E-state index in [1.165, 1.54) is 6.07 Å². The highest BCUT2D eigenvalue weighted by Gasteiger charge is 2.45. The van der Waals surface area contributed by atoms with Gasteiger partial charge in [0.05, 0.1) is 11.0 Å². The Morgan fingerprint density at radius 3 is 2.55 bits per heavy atom. The van der Waals surface area contributed by atoms with Crippen LogP contribution in [-0.4, -0.2) is 22.8 Å². The van der Waals surface area contributed by atoms with Gasteiger partial charge in [0.1, 0.15) is 18.2 Å². The molecule has 0 aromatic heterocycles. The molecule has 2 rings (SSSR count). The molecule has 5 heteroatoms. The average Bonchev–Trinajstić information content (AvgIpc) is 2.58. The van der Waals surface area contributed by atoms with Gasteiger partial charge < -0.3 is 9.90 Å². The summed E-state index contributed by atoms with van der Waals surface area (Å²) in [5.74, 6) is -2.14. The lowest BCUT2D eigenvalue weighted by Gasteiger charge is -2.15. The van der Waals surface area contributed by atoms with E-state index in [1.807, 2.05) is 25.3 Å². The fourth-order valence-corrected chi connectivity index (χ4v) is 3.09. The summed E-state index contributed by atoms with van der Waals surface area (Å²) in [4.78, 5) is 10.4. The topological polar surface area (TPSA) is 43.1 Å². The predicted octanol–water partition coefficient (Wildman–Crippen LogP) is 2.67. The first kappa shape index (κ1) is 16.6. The predicted molar refractivity (Wildman–Crippen MR) is 78.3 cm³/mol. The fraction of sp³-hybridized carbons (Fsp3) is 0.529. The van der Waals surface area contributed by atoms with Crippen molar-refractivity contribution >= 4 is 17.4 Å². The summed E-state index contributed by atoms with van der Waals surface area (Å²) in [5, 5.41) is 10.4. The third-order valence-electron chi connectivity index (χ3n) is 4.52. The van der Waals surface area contributed by atoms with E-state index in [-0.39, 0.29) is 6.42 Å². The Bertz CT molecular complexity index is 636. The van der Waals surface area contributed by atoms with Gasteiger partial charge >= 0.3 is 0 Å². The van der Waals surface area contributed by atoms with E-state index in [1.54, 1.807) is 0 Å². The zero-order valence-electron chi connectivity index (χ0n) is 13.2. The SMILES string of the molecule is CC1=[N+](CCCCCC(=O)[O-])c2cc(F)cc(F)c2C1(C)C. The lowest BCUT2D eigenvalue weighted by molar-refractivity contribution is -0.439. The highest BCUT2D eigenvalue weighted by Crippen LogP contribution is 2.41. The first-order valence-electron chi connectivity index (χ1n) is 7.56. The monoisotopic (exact) mass is 309 g/mol. The van der Waals surface area contributed by atoms with Gasteiger partial charge in [0.25, 0.3) is 0 Å². The van der Waals surface area contributed by atoms with E-state index in [9.17, 15) is 18.7 Å². The molecule has 0 fully saturated rings. The molecule has 0 N–H and O–H groups in total. The summed E-state index contributed by atoms with van der Waals surface area (Å²) in [6.07, 6.45) is 2.11. The molecule has 0 atom stereocenters. The second-order valence-corrected chi connectivity index (χ2v) is 6.33. The molecule has 22 heavy (non-hydrogen) atoms. The van der Waals surface area contributed by atoms with Crippen molar-refractivity contribution in [1.82, 2.24) is 0 Å². The highest BCUT2D eigenvalue weighted by molar-refractivity contribution is 5.93. The van der Waals surface area contributed by atoms with Crippen molar-refractivity contribution in [2.24, 2.45) is 0 Å². The van der Waals surface area contributed by atoms with Gasteiger partial charge in [-0.2, -0.15) is 4.58 Å². The molecule has 0 bridgehead atoms. The quantitative estimate of drug-likeness (QED) is 0.599. The number of hydrogen-bond donors (Lipinski definition) is 0. The Balaban J connectivity index is 2.18. The summed E-state index contributed by atoms with van der Waals surface area (Å²) >= 11 is 0. The third-order valence-corrected chi connectivity index (χ3v) is 4.52. The van der Waals surface area contributed by atoms with Crippen molar-refractivity contribution in [2.45, 2.75) is 51.9 Å². The average molecular weight is 309 g/mol. The Kier molecular flexibility index (Phi) is 4.63. The molecule has 0 amide bonds. The Hall–Kier alpha value is -1.78. The summed E-state index contributed by atoms with van der Waals surface area (Å²) in [7, 11) is 0. The van der Waals surface area contributed by atoms with Gasteiger partial charge in [-0.25, -0.2) is 8.78 Å². The van der Waals surface area contributed by atoms with Crippen molar-refractivity contribution in [1.29, 1.82) is 0 Å². The number of rotatable bonds is 6. The number of carboxylic acids is 1. The van der Waals surface area contributed by atoms with Crippen molar-refractivity contribution in [3.63, 3.8) is 0 Å². The number of hydrogen-bond acceptors (Lipinski definition) is 2. The van der Waals surface area contributed by atoms with Gasteiger partial charge in [-0.3, -0.25) is 0 Å². The van der Waals surface area contributed by atoms with Crippen molar-refractivity contribution in [3.05, 3.63) is 29.3 Å². The van der Waals surface area contributed by atoms with Crippen LogP contribution >= 0.6 is 0 Å². The van der Waals surface area contributed by atoms with E-state index in [0.29, 0.717) is 24.2 Å². The molecule has 3 nitrogen and oxygen atoms in total. The van der Waals surface area contributed by atoms with Crippen molar-refractivity contribution in [2.75, 3.05) is 6.54 Å².